The van der Waals surface area contributed by atoms with E-state index in [1.165, 1.54) is 12.0 Å². The normalized spacial score (nSPS) is 27.0. The molecular formula is C12H16. The molecule has 0 heteroatoms. The predicted molar refractivity (Wildman–Crippen MR) is 52.9 cm³/mol. The van der Waals surface area contributed by atoms with E-state index in [0.29, 0.717) is 0 Å². The summed E-state index contributed by atoms with van der Waals surface area (Å²) in [5.41, 5.74) is 4.69. The fourth-order valence-electron chi connectivity index (χ4n) is 2.29. The monoisotopic (exact) mass is 160 g/mol. The minimum absolute atomic E-state index is 0.781. The highest BCUT2D eigenvalue weighted by atomic mass is 14.3. The van der Waals surface area contributed by atoms with Crippen molar-refractivity contribution in [2.45, 2.75) is 27.2 Å². The van der Waals surface area contributed by atoms with Crippen LogP contribution in [0.2, 0.25) is 0 Å². The van der Waals surface area contributed by atoms with Crippen molar-refractivity contribution in [2.24, 2.45) is 11.8 Å². The highest BCUT2D eigenvalue weighted by Crippen LogP contribution is 2.43. The molecule has 12 heavy (non-hydrogen) atoms. The van der Waals surface area contributed by atoms with E-state index in [9.17, 15) is 0 Å². The first-order valence-electron chi connectivity index (χ1n) is 4.78. The summed E-state index contributed by atoms with van der Waals surface area (Å²) in [6.07, 6.45) is 8.01. The minimum atomic E-state index is 0.781. The van der Waals surface area contributed by atoms with Crippen molar-refractivity contribution in [3.63, 3.8) is 0 Å². The Hall–Kier alpha value is -0.780. The number of rotatable bonds is 1. The third-order valence-electron chi connectivity index (χ3n) is 3.04. The molecule has 2 aliphatic rings. The van der Waals surface area contributed by atoms with Crippen LogP contribution in [0.15, 0.2) is 34.9 Å². The average molecular weight is 160 g/mol. The van der Waals surface area contributed by atoms with Crippen molar-refractivity contribution in [3.8, 4) is 0 Å². The van der Waals surface area contributed by atoms with Crippen LogP contribution in [0.4, 0.5) is 0 Å². The molecule has 1 unspecified atom stereocenters. The van der Waals surface area contributed by atoms with Gasteiger partial charge >= 0.3 is 0 Å². The van der Waals surface area contributed by atoms with Gasteiger partial charge in [0.2, 0.25) is 0 Å². The Balaban J connectivity index is 2.32. The van der Waals surface area contributed by atoms with E-state index in [1.807, 2.05) is 0 Å². The predicted octanol–water partition coefficient (Wildman–Crippen LogP) is 3.48. The van der Waals surface area contributed by atoms with E-state index in [4.69, 9.17) is 0 Å². The molecule has 0 aromatic carbocycles. The molecule has 0 aromatic rings. The molecule has 0 radical (unpaired) electrons. The zero-order valence-corrected chi connectivity index (χ0v) is 8.09. The smallest absolute Gasteiger partial charge is 0.00955 e. The van der Waals surface area contributed by atoms with Gasteiger partial charge in [-0.1, -0.05) is 37.6 Å². The maximum atomic E-state index is 2.32. The van der Waals surface area contributed by atoms with Gasteiger partial charge < -0.3 is 0 Å². The second kappa shape index (κ2) is 2.62. The third kappa shape index (κ3) is 0.979. The van der Waals surface area contributed by atoms with Crippen LogP contribution in [0.1, 0.15) is 27.2 Å². The fraction of sp³-hybridized carbons (Fsp3) is 0.500. The molecule has 0 amide bonds. The van der Waals surface area contributed by atoms with E-state index in [0.717, 1.165) is 11.8 Å². The van der Waals surface area contributed by atoms with Crippen LogP contribution in [0.25, 0.3) is 0 Å². The maximum absolute atomic E-state index is 2.32. The molecule has 0 spiro atoms. The van der Waals surface area contributed by atoms with Crippen LogP contribution in [0.3, 0.4) is 0 Å². The molecule has 1 atom stereocenters. The van der Waals surface area contributed by atoms with Gasteiger partial charge in [0.15, 0.2) is 0 Å². The van der Waals surface area contributed by atoms with Gasteiger partial charge in [-0.15, -0.1) is 0 Å². The minimum Gasteiger partial charge on any atom is -0.0652 e. The van der Waals surface area contributed by atoms with E-state index in [2.05, 4.69) is 39.0 Å². The van der Waals surface area contributed by atoms with Crippen molar-refractivity contribution in [1.29, 1.82) is 0 Å². The molecule has 0 saturated heterocycles. The molecular weight excluding hydrogens is 144 g/mol. The van der Waals surface area contributed by atoms with E-state index in [-0.39, 0.29) is 0 Å². The zero-order chi connectivity index (χ0) is 8.72. The van der Waals surface area contributed by atoms with E-state index in [1.54, 1.807) is 11.1 Å². The Labute approximate surface area is 74.7 Å². The van der Waals surface area contributed by atoms with Crippen molar-refractivity contribution in [1.82, 2.24) is 0 Å². The summed E-state index contributed by atoms with van der Waals surface area (Å²) in [4.78, 5) is 0. The van der Waals surface area contributed by atoms with Crippen LogP contribution < -0.4 is 0 Å². The topological polar surface area (TPSA) is 0 Å². The SMILES string of the molecule is CC1=C2C=CC=C2C(C(C)C)C1. The first kappa shape index (κ1) is 7.85. The Kier molecular flexibility index (Phi) is 1.71. The Morgan fingerprint density at radius 3 is 2.83 bits per heavy atom. The van der Waals surface area contributed by atoms with Crippen LogP contribution in [0, 0.1) is 11.8 Å². The molecule has 64 valence electrons. The average Bonchev–Trinajstić information content (AvgIpc) is 2.53. The van der Waals surface area contributed by atoms with Crippen LogP contribution in [-0.4, -0.2) is 0 Å². The zero-order valence-electron chi connectivity index (χ0n) is 8.09. The lowest BCUT2D eigenvalue weighted by molar-refractivity contribution is 0.461. The standard InChI is InChI=1S/C12H16/c1-8(2)12-7-9(3)10-5-4-6-11(10)12/h4-6,8,12H,7H2,1-3H3. The van der Waals surface area contributed by atoms with E-state index >= 15 is 0 Å². The largest absolute Gasteiger partial charge is 0.0652 e. The van der Waals surface area contributed by atoms with Gasteiger partial charge in [-0.25, -0.2) is 0 Å². The molecule has 0 N–H and O–H groups in total. The van der Waals surface area contributed by atoms with Gasteiger partial charge in [0.1, 0.15) is 0 Å². The highest BCUT2D eigenvalue weighted by Gasteiger charge is 2.29. The summed E-state index contributed by atoms with van der Waals surface area (Å²) in [5.74, 6) is 1.57. The molecule has 0 bridgehead atoms. The first-order valence-corrected chi connectivity index (χ1v) is 4.78. The second-order valence-electron chi connectivity index (χ2n) is 4.23. The van der Waals surface area contributed by atoms with Crippen molar-refractivity contribution < 1.29 is 0 Å². The molecule has 0 aliphatic heterocycles. The number of hydrogen-bond donors (Lipinski definition) is 0. The Bertz CT molecular complexity index is 287. The number of allylic oxidation sites excluding steroid dienone is 6. The maximum Gasteiger partial charge on any atom is -0.00955 e. The molecule has 0 nitrogen and oxygen atoms in total. The molecule has 0 heterocycles. The van der Waals surface area contributed by atoms with Crippen molar-refractivity contribution in [2.75, 3.05) is 0 Å². The summed E-state index contributed by atoms with van der Waals surface area (Å²) in [6.45, 7) is 6.90. The van der Waals surface area contributed by atoms with Crippen LogP contribution in [-0.2, 0) is 0 Å². The van der Waals surface area contributed by atoms with Gasteiger partial charge in [0, 0.05) is 0 Å². The van der Waals surface area contributed by atoms with Crippen molar-refractivity contribution >= 4 is 0 Å². The number of fused-ring (bicyclic) bond motifs is 1. The summed E-state index contributed by atoms with van der Waals surface area (Å²) in [6, 6.07) is 0. The highest BCUT2D eigenvalue weighted by molar-refractivity contribution is 5.55. The number of hydrogen-bond acceptors (Lipinski definition) is 0. The third-order valence-corrected chi connectivity index (χ3v) is 3.04. The van der Waals surface area contributed by atoms with Gasteiger partial charge in [-0.3, -0.25) is 0 Å². The fourth-order valence-corrected chi connectivity index (χ4v) is 2.29. The lowest BCUT2D eigenvalue weighted by atomic mass is 9.89. The van der Waals surface area contributed by atoms with Crippen LogP contribution in [0.5, 0.6) is 0 Å². The molecule has 0 aromatic heterocycles. The van der Waals surface area contributed by atoms with E-state index < -0.39 is 0 Å². The summed E-state index contributed by atoms with van der Waals surface area (Å²) in [5, 5.41) is 0. The van der Waals surface area contributed by atoms with Crippen molar-refractivity contribution in [3.05, 3.63) is 34.9 Å². The Morgan fingerprint density at radius 2 is 2.17 bits per heavy atom. The lowest BCUT2D eigenvalue weighted by Crippen LogP contribution is -2.06. The van der Waals surface area contributed by atoms with Gasteiger partial charge in [-0.2, -0.15) is 0 Å². The summed E-state index contributed by atoms with van der Waals surface area (Å²) < 4.78 is 0. The first-order chi connectivity index (χ1) is 5.70. The van der Waals surface area contributed by atoms with Gasteiger partial charge in [-0.05, 0) is 36.3 Å². The molecule has 2 aliphatic carbocycles. The lowest BCUT2D eigenvalue weighted by Gasteiger charge is -2.16. The van der Waals surface area contributed by atoms with Crippen LogP contribution >= 0.6 is 0 Å². The Morgan fingerprint density at radius 1 is 1.42 bits per heavy atom. The quantitative estimate of drug-likeness (QED) is 0.551. The summed E-state index contributed by atoms with van der Waals surface area (Å²) in [7, 11) is 0. The second-order valence-corrected chi connectivity index (χ2v) is 4.23. The molecule has 2 rings (SSSR count). The van der Waals surface area contributed by atoms with Gasteiger partial charge in [0.25, 0.3) is 0 Å². The molecule has 0 fully saturated rings. The molecule has 0 saturated carbocycles. The van der Waals surface area contributed by atoms with Gasteiger partial charge in [0.05, 0.1) is 0 Å². The summed E-state index contributed by atoms with van der Waals surface area (Å²) >= 11 is 0.